The normalized spacial score (nSPS) is 47.8. The number of hydrogen-bond acceptors (Lipinski definition) is 2. The minimum atomic E-state index is 0.198. The van der Waals surface area contributed by atoms with Crippen LogP contribution in [0.1, 0.15) is 25.7 Å². The molecule has 3 atom stereocenters. The van der Waals surface area contributed by atoms with Crippen molar-refractivity contribution >= 4 is 0 Å². The minimum absolute atomic E-state index is 0.198. The molecule has 0 heterocycles. The predicted molar refractivity (Wildman–Crippen MR) is 35.0 cm³/mol. The van der Waals surface area contributed by atoms with E-state index in [1.807, 2.05) is 0 Å². The van der Waals surface area contributed by atoms with E-state index in [-0.39, 0.29) is 6.04 Å². The maximum absolute atomic E-state index is 10.1. The second-order valence-electron chi connectivity index (χ2n) is 3.26. The molecule has 0 N–H and O–H groups in total. The molecule has 2 aliphatic carbocycles. The fourth-order valence-corrected chi connectivity index (χ4v) is 2.01. The van der Waals surface area contributed by atoms with Crippen LogP contribution >= 0.6 is 0 Å². The van der Waals surface area contributed by atoms with Crippen molar-refractivity contribution in [1.29, 1.82) is 0 Å². The van der Waals surface area contributed by atoms with E-state index in [0.717, 1.165) is 12.3 Å². The molecular weight excluding hydrogens is 114 g/mol. The van der Waals surface area contributed by atoms with E-state index in [2.05, 4.69) is 5.18 Å². The van der Waals surface area contributed by atoms with E-state index in [1.165, 1.54) is 19.3 Å². The van der Waals surface area contributed by atoms with Gasteiger partial charge in [-0.1, -0.05) is 18.0 Å². The summed E-state index contributed by atoms with van der Waals surface area (Å²) < 4.78 is 0. The monoisotopic (exact) mass is 125 g/mol. The lowest BCUT2D eigenvalue weighted by Gasteiger charge is -2.12. The van der Waals surface area contributed by atoms with Gasteiger partial charge in [-0.05, 0) is 24.7 Å². The van der Waals surface area contributed by atoms with Crippen LogP contribution in [0.2, 0.25) is 0 Å². The SMILES string of the molecule is O=NC1CCCC2CC21. The van der Waals surface area contributed by atoms with Crippen LogP contribution in [-0.2, 0) is 0 Å². The summed E-state index contributed by atoms with van der Waals surface area (Å²) in [6.45, 7) is 0. The van der Waals surface area contributed by atoms with Gasteiger partial charge in [0, 0.05) is 0 Å². The molecule has 2 rings (SSSR count). The number of fused-ring (bicyclic) bond motifs is 1. The summed E-state index contributed by atoms with van der Waals surface area (Å²) in [5.41, 5.74) is 0. The Morgan fingerprint density at radius 1 is 1.33 bits per heavy atom. The minimum Gasteiger partial charge on any atom is -0.151 e. The van der Waals surface area contributed by atoms with Crippen molar-refractivity contribution in [2.45, 2.75) is 31.7 Å². The summed E-state index contributed by atoms with van der Waals surface area (Å²) in [7, 11) is 0. The summed E-state index contributed by atoms with van der Waals surface area (Å²) in [4.78, 5) is 10.1. The number of rotatable bonds is 1. The van der Waals surface area contributed by atoms with E-state index in [4.69, 9.17) is 0 Å². The van der Waals surface area contributed by atoms with E-state index < -0.39 is 0 Å². The van der Waals surface area contributed by atoms with Gasteiger partial charge < -0.3 is 0 Å². The Morgan fingerprint density at radius 3 is 2.89 bits per heavy atom. The maximum Gasteiger partial charge on any atom is 0.0950 e. The third kappa shape index (κ3) is 0.769. The Labute approximate surface area is 54.6 Å². The van der Waals surface area contributed by atoms with Crippen LogP contribution in [0.3, 0.4) is 0 Å². The average molecular weight is 125 g/mol. The number of nitroso groups, excluding NO2 is 1. The lowest BCUT2D eigenvalue weighted by Crippen LogP contribution is -2.12. The Kier molecular flexibility index (Phi) is 1.07. The largest absolute Gasteiger partial charge is 0.151 e. The number of hydrogen-bond donors (Lipinski definition) is 0. The Balaban J connectivity index is 2.00. The fourth-order valence-electron chi connectivity index (χ4n) is 2.01. The molecular formula is C7H11NO. The molecule has 0 aromatic rings. The molecule has 50 valence electrons. The Bertz CT molecular complexity index is 135. The van der Waals surface area contributed by atoms with Crippen molar-refractivity contribution in [2.75, 3.05) is 0 Å². The summed E-state index contributed by atoms with van der Waals surface area (Å²) in [6, 6.07) is 0.198. The molecule has 2 nitrogen and oxygen atoms in total. The zero-order chi connectivity index (χ0) is 6.27. The standard InChI is InChI=1S/C7H11NO/c9-8-7-3-1-2-5-4-6(5)7/h5-7H,1-4H2. The van der Waals surface area contributed by atoms with Gasteiger partial charge in [0.2, 0.25) is 0 Å². The molecule has 0 saturated heterocycles. The molecule has 0 aliphatic heterocycles. The predicted octanol–water partition coefficient (Wildman–Crippen LogP) is 1.94. The first-order valence-electron chi connectivity index (χ1n) is 3.74. The van der Waals surface area contributed by atoms with Gasteiger partial charge in [0.15, 0.2) is 0 Å². The molecule has 0 bridgehead atoms. The highest BCUT2D eigenvalue weighted by molar-refractivity contribution is 4.97. The second-order valence-corrected chi connectivity index (χ2v) is 3.26. The summed E-state index contributed by atoms with van der Waals surface area (Å²) in [5.74, 6) is 1.60. The molecule has 2 aliphatic rings. The molecule has 0 radical (unpaired) electrons. The molecule has 0 aromatic heterocycles. The molecule has 2 fully saturated rings. The topological polar surface area (TPSA) is 29.4 Å². The molecule has 0 aromatic carbocycles. The van der Waals surface area contributed by atoms with Crippen molar-refractivity contribution in [3.05, 3.63) is 4.91 Å². The van der Waals surface area contributed by atoms with Gasteiger partial charge >= 0.3 is 0 Å². The van der Waals surface area contributed by atoms with Crippen molar-refractivity contribution in [1.82, 2.24) is 0 Å². The van der Waals surface area contributed by atoms with Crippen LogP contribution in [0.15, 0.2) is 5.18 Å². The highest BCUT2D eigenvalue weighted by Gasteiger charge is 2.45. The third-order valence-electron chi connectivity index (χ3n) is 2.68. The van der Waals surface area contributed by atoms with Crippen molar-refractivity contribution in [3.8, 4) is 0 Å². The first-order valence-corrected chi connectivity index (χ1v) is 3.74. The van der Waals surface area contributed by atoms with E-state index in [0.29, 0.717) is 5.92 Å². The molecule has 9 heavy (non-hydrogen) atoms. The van der Waals surface area contributed by atoms with Gasteiger partial charge in [0.05, 0.1) is 6.04 Å². The first kappa shape index (κ1) is 5.39. The van der Waals surface area contributed by atoms with Gasteiger partial charge in [0.25, 0.3) is 0 Å². The van der Waals surface area contributed by atoms with Crippen LogP contribution in [-0.4, -0.2) is 6.04 Å². The van der Waals surface area contributed by atoms with Crippen molar-refractivity contribution < 1.29 is 0 Å². The Hall–Kier alpha value is -0.400. The number of nitrogens with zero attached hydrogens (tertiary/aromatic N) is 1. The molecule has 2 heteroatoms. The third-order valence-corrected chi connectivity index (χ3v) is 2.68. The van der Waals surface area contributed by atoms with Crippen LogP contribution < -0.4 is 0 Å². The van der Waals surface area contributed by atoms with Crippen LogP contribution in [0, 0.1) is 16.7 Å². The lowest BCUT2D eigenvalue weighted by atomic mass is 9.96. The summed E-state index contributed by atoms with van der Waals surface area (Å²) in [5, 5.41) is 3.12. The molecule has 0 spiro atoms. The highest BCUT2D eigenvalue weighted by Crippen LogP contribution is 2.50. The molecule has 2 saturated carbocycles. The van der Waals surface area contributed by atoms with Crippen molar-refractivity contribution in [2.24, 2.45) is 17.0 Å². The van der Waals surface area contributed by atoms with Gasteiger partial charge in [-0.3, -0.25) is 0 Å². The smallest absolute Gasteiger partial charge is 0.0950 e. The lowest BCUT2D eigenvalue weighted by molar-refractivity contribution is 0.419. The Morgan fingerprint density at radius 2 is 2.22 bits per heavy atom. The van der Waals surface area contributed by atoms with E-state index >= 15 is 0 Å². The highest BCUT2D eigenvalue weighted by atomic mass is 16.3. The van der Waals surface area contributed by atoms with Crippen molar-refractivity contribution in [3.63, 3.8) is 0 Å². The van der Waals surface area contributed by atoms with Crippen LogP contribution in [0.4, 0.5) is 0 Å². The van der Waals surface area contributed by atoms with Gasteiger partial charge in [-0.15, -0.1) is 0 Å². The van der Waals surface area contributed by atoms with Crippen LogP contribution in [0.25, 0.3) is 0 Å². The zero-order valence-electron chi connectivity index (χ0n) is 5.42. The van der Waals surface area contributed by atoms with Crippen LogP contribution in [0.5, 0.6) is 0 Å². The van der Waals surface area contributed by atoms with E-state index in [1.54, 1.807) is 0 Å². The second kappa shape index (κ2) is 1.79. The maximum atomic E-state index is 10.1. The first-order chi connectivity index (χ1) is 4.42. The quantitative estimate of drug-likeness (QED) is 0.492. The summed E-state index contributed by atoms with van der Waals surface area (Å²) >= 11 is 0. The fraction of sp³-hybridized carbons (Fsp3) is 1.00. The molecule has 0 amide bonds. The molecule has 3 unspecified atom stereocenters. The summed E-state index contributed by atoms with van der Waals surface area (Å²) in [6.07, 6.45) is 4.94. The van der Waals surface area contributed by atoms with E-state index in [9.17, 15) is 4.91 Å². The van der Waals surface area contributed by atoms with Gasteiger partial charge in [-0.25, -0.2) is 0 Å². The zero-order valence-corrected chi connectivity index (χ0v) is 5.42. The van der Waals surface area contributed by atoms with Gasteiger partial charge in [-0.2, -0.15) is 4.91 Å². The average Bonchev–Trinajstić information content (AvgIpc) is 2.64. The van der Waals surface area contributed by atoms with Gasteiger partial charge in [0.1, 0.15) is 0 Å².